The highest BCUT2D eigenvalue weighted by molar-refractivity contribution is 6.08. The predicted molar refractivity (Wildman–Crippen MR) is 96.8 cm³/mol. The first-order chi connectivity index (χ1) is 11.4. The van der Waals surface area contributed by atoms with Crippen LogP contribution in [0.4, 0.5) is 0 Å². The molecule has 0 aromatic heterocycles. The van der Waals surface area contributed by atoms with E-state index >= 15 is 0 Å². The summed E-state index contributed by atoms with van der Waals surface area (Å²) in [6.45, 7) is 5.08. The lowest BCUT2D eigenvalue weighted by Crippen LogP contribution is -3.00. The molecular weight excluding hydrogens is 378 g/mol. The van der Waals surface area contributed by atoms with Gasteiger partial charge in [-0.15, -0.1) is 0 Å². The number of rotatable bonds is 8. The molecule has 2 rings (SSSR count). The zero-order chi connectivity index (χ0) is 17.6. The Kier molecular flexibility index (Phi) is 7.94. The normalized spacial score (nSPS) is 10.6. The maximum Gasteiger partial charge on any atom is 0.193 e. The molecule has 0 atom stereocenters. The number of quaternary nitrogens is 1. The van der Waals surface area contributed by atoms with Crippen LogP contribution in [0.5, 0.6) is 0 Å². The monoisotopic (exact) mass is 401 g/mol. The van der Waals surface area contributed by atoms with E-state index in [1.54, 1.807) is 0 Å². The highest BCUT2D eigenvalue weighted by atomic mass is 79.9. The molecule has 4 heteroatoms. The van der Waals surface area contributed by atoms with Gasteiger partial charge in [-0.3, -0.25) is 9.59 Å². The summed E-state index contributed by atoms with van der Waals surface area (Å²) in [5.41, 5.74) is 2.54. The first-order valence-corrected chi connectivity index (χ1v) is 8.07. The van der Waals surface area contributed by atoms with E-state index in [4.69, 9.17) is 0 Å². The van der Waals surface area contributed by atoms with Crippen LogP contribution in [0.2, 0.25) is 0 Å². The number of hydrogen-bond donors (Lipinski definition) is 0. The van der Waals surface area contributed by atoms with Gasteiger partial charge < -0.3 is 21.5 Å². The van der Waals surface area contributed by atoms with Crippen molar-refractivity contribution in [2.45, 2.75) is 13.0 Å². The van der Waals surface area contributed by atoms with Crippen LogP contribution in [0.1, 0.15) is 27.9 Å². The summed E-state index contributed by atoms with van der Waals surface area (Å²) < 4.78 is 0.714. The highest BCUT2D eigenvalue weighted by Gasteiger charge is 2.17. The van der Waals surface area contributed by atoms with Gasteiger partial charge in [0.2, 0.25) is 0 Å². The van der Waals surface area contributed by atoms with Crippen LogP contribution in [0.15, 0.2) is 67.3 Å². The smallest absolute Gasteiger partial charge is 0.193 e. The molecule has 0 bridgehead atoms. The molecule has 0 aliphatic heterocycles. The Labute approximate surface area is 160 Å². The molecule has 2 aromatic carbocycles. The van der Waals surface area contributed by atoms with Crippen LogP contribution in [0, 0.1) is 0 Å². The van der Waals surface area contributed by atoms with Gasteiger partial charge in [-0.25, -0.2) is 0 Å². The van der Waals surface area contributed by atoms with Gasteiger partial charge >= 0.3 is 0 Å². The summed E-state index contributed by atoms with van der Waals surface area (Å²) in [5, 5.41) is 0. The maximum atomic E-state index is 12.4. The van der Waals surface area contributed by atoms with Gasteiger partial charge in [0.15, 0.2) is 11.6 Å². The molecule has 0 radical (unpaired) electrons. The molecule has 0 saturated carbocycles. The van der Waals surface area contributed by atoms with Crippen molar-refractivity contribution in [2.75, 3.05) is 20.6 Å². The molecule has 0 heterocycles. The Bertz CT molecular complexity index is 721. The standard InChI is InChI=1S/C21H24NO2.BrH/c1-4-20(23)14-15-22(2,3)16-17-10-12-19(13-11-17)21(24)18-8-6-5-7-9-18;/h4-13H,1,14-16H2,2-3H3;1H/q+1;/p-1. The molecule has 0 unspecified atom stereocenters. The molecule has 0 spiro atoms. The minimum atomic E-state index is 0. The summed E-state index contributed by atoms with van der Waals surface area (Å²) in [5.74, 6) is 0.109. The van der Waals surface area contributed by atoms with E-state index in [1.165, 1.54) is 6.08 Å². The maximum absolute atomic E-state index is 12.4. The van der Waals surface area contributed by atoms with Crippen LogP contribution < -0.4 is 17.0 Å². The number of hydrogen-bond acceptors (Lipinski definition) is 2. The molecular formula is C21H24BrNO2. The fourth-order valence-electron chi connectivity index (χ4n) is 2.61. The Morgan fingerprint density at radius 1 is 0.960 bits per heavy atom. The van der Waals surface area contributed by atoms with Crippen molar-refractivity contribution in [3.05, 3.63) is 83.9 Å². The molecule has 0 saturated heterocycles. The average molecular weight is 402 g/mol. The van der Waals surface area contributed by atoms with E-state index in [0.29, 0.717) is 22.0 Å². The second-order valence-electron chi connectivity index (χ2n) is 6.63. The summed E-state index contributed by atoms with van der Waals surface area (Å²) >= 11 is 0. The summed E-state index contributed by atoms with van der Waals surface area (Å²) in [7, 11) is 4.19. The number of ketones is 2. The number of carbonyl (C=O) groups excluding carboxylic acids is 2. The molecule has 0 N–H and O–H groups in total. The number of allylic oxidation sites excluding steroid dienone is 1. The van der Waals surface area contributed by atoms with E-state index in [2.05, 4.69) is 20.7 Å². The number of benzene rings is 2. The largest absolute Gasteiger partial charge is 1.00 e. The SMILES string of the molecule is C=CC(=O)CC[N+](C)(C)Cc1ccc(C(=O)c2ccccc2)cc1.[Br-]. The van der Waals surface area contributed by atoms with Crippen molar-refractivity contribution in [1.29, 1.82) is 0 Å². The van der Waals surface area contributed by atoms with Crippen molar-refractivity contribution in [1.82, 2.24) is 0 Å². The fourth-order valence-corrected chi connectivity index (χ4v) is 2.61. The first-order valence-electron chi connectivity index (χ1n) is 8.07. The number of carbonyl (C=O) groups is 2. The van der Waals surface area contributed by atoms with Crippen LogP contribution in [-0.4, -0.2) is 36.7 Å². The van der Waals surface area contributed by atoms with Gasteiger partial charge in [-0.05, 0) is 6.08 Å². The van der Waals surface area contributed by atoms with Crippen LogP contribution >= 0.6 is 0 Å². The molecule has 3 nitrogen and oxygen atoms in total. The summed E-state index contributed by atoms with van der Waals surface area (Å²) in [4.78, 5) is 23.8. The highest BCUT2D eigenvalue weighted by Crippen LogP contribution is 2.14. The van der Waals surface area contributed by atoms with Gasteiger partial charge in [0.1, 0.15) is 6.54 Å². The third kappa shape index (κ3) is 6.40. The molecule has 25 heavy (non-hydrogen) atoms. The second-order valence-corrected chi connectivity index (χ2v) is 6.63. The topological polar surface area (TPSA) is 34.1 Å². The van der Waals surface area contributed by atoms with Gasteiger partial charge in [0.25, 0.3) is 0 Å². The lowest BCUT2D eigenvalue weighted by molar-refractivity contribution is -0.903. The molecule has 0 amide bonds. The minimum Gasteiger partial charge on any atom is -1.00 e. The Morgan fingerprint density at radius 3 is 2.08 bits per heavy atom. The van der Waals surface area contributed by atoms with Gasteiger partial charge in [-0.1, -0.05) is 61.2 Å². The van der Waals surface area contributed by atoms with Gasteiger partial charge in [0, 0.05) is 16.7 Å². The average Bonchev–Trinajstić information content (AvgIpc) is 2.60. The quantitative estimate of drug-likeness (QED) is 0.369. The van der Waals surface area contributed by atoms with Crippen molar-refractivity contribution in [3.63, 3.8) is 0 Å². The lowest BCUT2D eigenvalue weighted by atomic mass is 10.0. The lowest BCUT2D eigenvalue weighted by Gasteiger charge is -2.29. The Morgan fingerprint density at radius 2 is 1.52 bits per heavy atom. The molecule has 0 aliphatic carbocycles. The van der Waals surface area contributed by atoms with Gasteiger partial charge in [-0.2, -0.15) is 0 Å². The van der Waals surface area contributed by atoms with Crippen LogP contribution in [0.25, 0.3) is 0 Å². The van der Waals surface area contributed by atoms with E-state index < -0.39 is 0 Å². The number of halogens is 1. The number of nitrogens with zero attached hydrogens (tertiary/aromatic N) is 1. The molecule has 0 aliphatic rings. The zero-order valence-electron chi connectivity index (χ0n) is 14.7. The van der Waals surface area contributed by atoms with E-state index in [-0.39, 0.29) is 28.5 Å². The van der Waals surface area contributed by atoms with Crippen LogP contribution in [0.3, 0.4) is 0 Å². The zero-order valence-corrected chi connectivity index (χ0v) is 16.3. The minimum absolute atomic E-state index is 0. The Balaban J connectivity index is 0.00000312. The molecule has 132 valence electrons. The van der Waals surface area contributed by atoms with Crippen molar-refractivity contribution < 1.29 is 31.1 Å². The van der Waals surface area contributed by atoms with Crippen molar-refractivity contribution in [3.8, 4) is 0 Å². The van der Waals surface area contributed by atoms with E-state index in [1.807, 2.05) is 54.6 Å². The fraction of sp³-hybridized carbons (Fsp3) is 0.238. The summed E-state index contributed by atoms with van der Waals surface area (Å²) in [6.07, 6.45) is 1.88. The van der Waals surface area contributed by atoms with Gasteiger partial charge in [0.05, 0.1) is 27.1 Å². The third-order valence-electron chi connectivity index (χ3n) is 4.05. The van der Waals surface area contributed by atoms with Crippen molar-refractivity contribution >= 4 is 11.6 Å². The second kappa shape index (κ2) is 9.44. The van der Waals surface area contributed by atoms with Crippen LogP contribution in [-0.2, 0) is 11.3 Å². The summed E-state index contributed by atoms with van der Waals surface area (Å²) in [6, 6.07) is 17.0. The molecule has 2 aromatic rings. The first kappa shape index (κ1) is 21.0. The Hall–Kier alpha value is -2.04. The van der Waals surface area contributed by atoms with E-state index in [0.717, 1.165) is 18.7 Å². The van der Waals surface area contributed by atoms with Crippen molar-refractivity contribution in [2.24, 2.45) is 0 Å². The van der Waals surface area contributed by atoms with E-state index in [9.17, 15) is 9.59 Å². The third-order valence-corrected chi connectivity index (χ3v) is 4.05. The molecule has 0 fully saturated rings. The predicted octanol–water partition coefficient (Wildman–Crippen LogP) is 0.643.